The lowest BCUT2D eigenvalue weighted by molar-refractivity contribution is -0.121. The lowest BCUT2D eigenvalue weighted by Gasteiger charge is -2.32. The summed E-state index contributed by atoms with van der Waals surface area (Å²) >= 11 is 0. The van der Waals surface area contributed by atoms with E-state index in [-0.39, 0.29) is 5.91 Å². The van der Waals surface area contributed by atoms with Crippen molar-refractivity contribution >= 4 is 27.7 Å². The van der Waals surface area contributed by atoms with E-state index in [0.29, 0.717) is 13.0 Å². The van der Waals surface area contributed by atoms with Crippen LogP contribution in [0.5, 0.6) is 0 Å². The Morgan fingerprint density at radius 3 is 2.32 bits per heavy atom. The van der Waals surface area contributed by atoms with Crippen molar-refractivity contribution in [1.82, 2.24) is 4.72 Å². The first-order valence-electron chi connectivity index (χ1n) is 8.17. The molecular weight excluding hydrogens is 336 g/mol. The fourth-order valence-electron chi connectivity index (χ4n) is 2.82. The summed E-state index contributed by atoms with van der Waals surface area (Å²) < 4.78 is 27.1. The predicted molar refractivity (Wildman–Crippen MR) is 99.3 cm³/mol. The van der Waals surface area contributed by atoms with E-state index in [9.17, 15) is 13.2 Å². The summed E-state index contributed by atoms with van der Waals surface area (Å²) in [4.78, 5) is 14.3. The van der Waals surface area contributed by atoms with Gasteiger partial charge >= 0.3 is 0 Å². The molecule has 1 fully saturated rings. The summed E-state index contributed by atoms with van der Waals surface area (Å²) in [6.45, 7) is 0.598. The molecule has 1 N–H and O–H groups in total. The number of nitrogens with one attached hydrogen (secondary N) is 1. The van der Waals surface area contributed by atoms with E-state index in [1.165, 1.54) is 6.08 Å². The minimum absolute atomic E-state index is 0.214. The molecule has 0 saturated carbocycles. The Labute approximate surface area is 148 Å². The second-order valence-electron chi connectivity index (χ2n) is 5.90. The van der Waals surface area contributed by atoms with Crippen LogP contribution in [0.2, 0.25) is 0 Å². The molecule has 2 aromatic carbocycles. The Morgan fingerprint density at radius 2 is 1.64 bits per heavy atom. The largest absolute Gasteiger partial charge is 0.311 e. The van der Waals surface area contributed by atoms with Crippen molar-refractivity contribution in [2.45, 2.75) is 18.9 Å². The molecule has 0 radical (unpaired) electrons. The average Bonchev–Trinajstić information content (AvgIpc) is 2.63. The van der Waals surface area contributed by atoms with Crippen molar-refractivity contribution in [3.63, 3.8) is 0 Å². The van der Waals surface area contributed by atoms with Gasteiger partial charge in [-0.05, 0) is 36.6 Å². The number of sulfonamides is 1. The Balaban J connectivity index is 1.71. The highest BCUT2D eigenvalue weighted by atomic mass is 32.2. The zero-order valence-corrected chi connectivity index (χ0v) is 14.5. The first-order valence-corrected chi connectivity index (χ1v) is 9.72. The number of nitrogens with zero attached hydrogens (tertiary/aromatic N) is 1. The smallest absolute Gasteiger partial charge is 0.245 e. The Bertz CT molecular complexity index is 849. The molecule has 1 heterocycles. The molecule has 130 valence electrons. The quantitative estimate of drug-likeness (QED) is 0.896. The summed E-state index contributed by atoms with van der Waals surface area (Å²) in [5.41, 5.74) is 1.57. The van der Waals surface area contributed by atoms with Crippen LogP contribution in [0.4, 0.5) is 5.69 Å². The second kappa shape index (κ2) is 7.63. The Morgan fingerprint density at radius 1 is 1.00 bits per heavy atom. The minimum Gasteiger partial charge on any atom is -0.311 e. The fraction of sp³-hybridized carbons (Fsp3) is 0.211. The SMILES string of the molecule is O=C1C(NS(=O)(=O)/C=C/c2ccccc2)CCCN1c1ccccc1. The predicted octanol–water partition coefficient (Wildman–Crippen LogP) is 2.77. The van der Waals surface area contributed by atoms with E-state index in [4.69, 9.17) is 0 Å². The van der Waals surface area contributed by atoms with Crippen LogP contribution < -0.4 is 9.62 Å². The van der Waals surface area contributed by atoms with Gasteiger partial charge in [-0.1, -0.05) is 48.5 Å². The van der Waals surface area contributed by atoms with Gasteiger partial charge < -0.3 is 4.90 Å². The molecule has 1 aliphatic rings. The van der Waals surface area contributed by atoms with Crippen molar-refractivity contribution in [3.05, 3.63) is 71.6 Å². The van der Waals surface area contributed by atoms with Crippen LogP contribution in [0, 0.1) is 0 Å². The molecule has 1 atom stereocenters. The zero-order valence-electron chi connectivity index (χ0n) is 13.7. The van der Waals surface area contributed by atoms with Crippen molar-refractivity contribution in [2.75, 3.05) is 11.4 Å². The summed E-state index contributed by atoms with van der Waals surface area (Å²) in [5.74, 6) is -0.214. The van der Waals surface area contributed by atoms with Crippen LogP contribution in [0.3, 0.4) is 0 Å². The summed E-state index contributed by atoms with van der Waals surface area (Å²) in [6.07, 6.45) is 2.77. The van der Waals surface area contributed by atoms with Crippen LogP contribution in [-0.2, 0) is 14.8 Å². The number of rotatable bonds is 5. The van der Waals surface area contributed by atoms with E-state index < -0.39 is 16.1 Å². The van der Waals surface area contributed by atoms with Crippen molar-refractivity contribution in [2.24, 2.45) is 0 Å². The standard InChI is InChI=1S/C19H20N2O3S/c22-19-18(12-7-14-21(19)17-10-5-2-6-11-17)20-25(23,24)15-13-16-8-3-1-4-9-16/h1-6,8-11,13,15,18,20H,7,12,14H2/b15-13+. The average molecular weight is 356 g/mol. The maximum absolute atomic E-state index is 12.7. The highest BCUT2D eigenvalue weighted by Crippen LogP contribution is 2.21. The van der Waals surface area contributed by atoms with Gasteiger partial charge in [-0.25, -0.2) is 8.42 Å². The molecule has 6 heteroatoms. The van der Waals surface area contributed by atoms with Crippen molar-refractivity contribution in [3.8, 4) is 0 Å². The first kappa shape index (κ1) is 17.4. The van der Waals surface area contributed by atoms with E-state index in [0.717, 1.165) is 23.1 Å². The molecule has 25 heavy (non-hydrogen) atoms. The number of anilines is 1. The zero-order chi connectivity index (χ0) is 17.7. The van der Waals surface area contributed by atoms with Crippen LogP contribution in [0.15, 0.2) is 66.1 Å². The summed E-state index contributed by atoms with van der Waals surface area (Å²) in [5, 5.41) is 1.11. The highest BCUT2D eigenvalue weighted by molar-refractivity contribution is 7.92. The third kappa shape index (κ3) is 4.55. The lowest BCUT2D eigenvalue weighted by Crippen LogP contribution is -2.52. The maximum Gasteiger partial charge on any atom is 0.245 e. The number of carbonyl (C=O) groups is 1. The van der Waals surface area contributed by atoms with Gasteiger partial charge in [0, 0.05) is 17.6 Å². The summed E-state index contributed by atoms with van der Waals surface area (Å²) in [6, 6.07) is 17.7. The van der Waals surface area contributed by atoms with E-state index in [1.54, 1.807) is 4.90 Å². The Hall–Kier alpha value is -2.44. The van der Waals surface area contributed by atoms with Gasteiger partial charge in [0.2, 0.25) is 15.9 Å². The monoisotopic (exact) mass is 356 g/mol. The van der Waals surface area contributed by atoms with Gasteiger partial charge in [0.25, 0.3) is 0 Å². The lowest BCUT2D eigenvalue weighted by atomic mass is 10.0. The van der Waals surface area contributed by atoms with Gasteiger partial charge in [-0.15, -0.1) is 0 Å². The topological polar surface area (TPSA) is 66.5 Å². The van der Waals surface area contributed by atoms with Gasteiger partial charge in [-0.2, -0.15) is 4.72 Å². The molecule has 1 saturated heterocycles. The second-order valence-corrected chi connectivity index (χ2v) is 7.49. The van der Waals surface area contributed by atoms with Crippen molar-refractivity contribution < 1.29 is 13.2 Å². The number of hydrogen-bond donors (Lipinski definition) is 1. The molecule has 0 aromatic heterocycles. The molecule has 1 aliphatic heterocycles. The third-order valence-corrected chi connectivity index (χ3v) is 5.16. The molecule has 5 nitrogen and oxygen atoms in total. The van der Waals surface area contributed by atoms with Crippen LogP contribution >= 0.6 is 0 Å². The van der Waals surface area contributed by atoms with Crippen LogP contribution in [-0.4, -0.2) is 26.9 Å². The highest BCUT2D eigenvalue weighted by Gasteiger charge is 2.31. The van der Waals surface area contributed by atoms with Gasteiger partial charge in [0.15, 0.2) is 0 Å². The fourth-order valence-corrected chi connectivity index (χ4v) is 3.85. The molecule has 2 aromatic rings. The normalized spacial score (nSPS) is 18.6. The molecule has 0 spiro atoms. The maximum atomic E-state index is 12.7. The number of amides is 1. The van der Waals surface area contributed by atoms with E-state index in [2.05, 4.69) is 4.72 Å². The number of hydrogen-bond acceptors (Lipinski definition) is 3. The number of benzene rings is 2. The Kier molecular flexibility index (Phi) is 5.31. The van der Waals surface area contributed by atoms with Crippen LogP contribution in [0.25, 0.3) is 6.08 Å². The third-order valence-electron chi connectivity index (χ3n) is 4.05. The van der Waals surface area contributed by atoms with E-state index >= 15 is 0 Å². The van der Waals surface area contributed by atoms with Crippen molar-refractivity contribution in [1.29, 1.82) is 0 Å². The van der Waals surface area contributed by atoms with Crippen LogP contribution in [0.1, 0.15) is 18.4 Å². The van der Waals surface area contributed by atoms with E-state index in [1.807, 2.05) is 60.7 Å². The van der Waals surface area contributed by atoms with Gasteiger partial charge in [0.05, 0.1) is 0 Å². The van der Waals surface area contributed by atoms with Gasteiger partial charge in [0.1, 0.15) is 6.04 Å². The molecular formula is C19H20N2O3S. The minimum atomic E-state index is -3.70. The summed E-state index contributed by atoms with van der Waals surface area (Å²) in [7, 11) is -3.70. The molecule has 0 aliphatic carbocycles. The molecule has 0 bridgehead atoms. The molecule has 1 unspecified atom stereocenters. The number of para-hydroxylation sites is 1. The van der Waals surface area contributed by atoms with Gasteiger partial charge in [-0.3, -0.25) is 4.79 Å². The first-order chi connectivity index (χ1) is 12.1. The molecule has 1 amide bonds. The number of carbonyl (C=O) groups excluding carboxylic acids is 1. The molecule has 3 rings (SSSR count). The number of piperidine rings is 1.